The van der Waals surface area contributed by atoms with Gasteiger partial charge >= 0.3 is 0 Å². The van der Waals surface area contributed by atoms with Gasteiger partial charge in [0, 0.05) is 6.54 Å². The standard InChI is InChI=1S/C16H20FN3O/c1-4-9-18-15-14(11(2)3)16(20-10-19-15)21-13-8-6-5-7-12(13)17/h5-8,10-11H,4,9H2,1-3H3,(H,18,19,20). The van der Waals surface area contributed by atoms with E-state index in [1.165, 1.54) is 12.4 Å². The largest absolute Gasteiger partial charge is 0.435 e. The van der Waals surface area contributed by atoms with Gasteiger partial charge in [-0.15, -0.1) is 0 Å². The van der Waals surface area contributed by atoms with Gasteiger partial charge in [0.1, 0.15) is 12.1 Å². The smallest absolute Gasteiger partial charge is 0.228 e. The highest BCUT2D eigenvalue weighted by molar-refractivity contribution is 5.51. The summed E-state index contributed by atoms with van der Waals surface area (Å²) in [6.07, 6.45) is 2.42. The van der Waals surface area contributed by atoms with Gasteiger partial charge in [0.05, 0.1) is 5.56 Å². The number of hydrogen-bond donors (Lipinski definition) is 1. The summed E-state index contributed by atoms with van der Waals surface area (Å²) in [4.78, 5) is 8.43. The van der Waals surface area contributed by atoms with E-state index in [4.69, 9.17) is 4.74 Å². The molecule has 112 valence electrons. The molecule has 2 aromatic rings. The minimum Gasteiger partial charge on any atom is -0.435 e. The first-order chi connectivity index (χ1) is 10.1. The third-order valence-corrected chi connectivity index (χ3v) is 3.01. The van der Waals surface area contributed by atoms with Crippen LogP contribution in [0.15, 0.2) is 30.6 Å². The molecule has 0 aliphatic carbocycles. The lowest BCUT2D eigenvalue weighted by molar-refractivity contribution is 0.419. The molecule has 0 aliphatic heterocycles. The van der Waals surface area contributed by atoms with Crippen LogP contribution in [0.5, 0.6) is 11.6 Å². The topological polar surface area (TPSA) is 47.0 Å². The molecule has 0 aliphatic rings. The van der Waals surface area contributed by atoms with Crippen LogP contribution in [0, 0.1) is 5.82 Å². The molecule has 1 aromatic carbocycles. The fourth-order valence-electron chi connectivity index (χ4n) is 2.00. The Kier molecular flexibility index (Phi) is 5.09. The maximum absolute atomic E-state index is 13.7. The molecule has 1 aromatic heterocycles. The number of anilines is 1. The highest BCUT2D eigenvalue weighted by atomic mass is 19.1. The number of nitrogens with one attached hydrogen (secondary N) is 1. The fourth-order valence-corrected chi connectivity index (χ4v) is 2.00. The van der Waals surface area contributed by atoms with E-state index in [1.54, 1.807) is 18.2 Å². The first-order valence-corrected chi connectivity index (χ1v) is 7.14. The molecular weight excluding hydrogens is 269 g/mol. The Hall–Kier alpha value is -2.17. The van der Waals surface area contributed by atoms with Crippen molar-refractivity contribution >= 4 is 5.82 Å². The van der Waals surface area contributed by atoms with Crippen molar-refractivity contribution in [3.8, 4) is 11.6 Å². The minimum absolute atomic E-state index is 0.160. The van der Waals surface area contributed by atoms with Crippen LogP contribution in [-0.4, -0.2) is 16.5 Å². The number of para-hydroxylation sites is 1. The van der Waals surface area contributed by atoms with Gasteiger partial charge in [0.25, 0.3) is 0 Å². The predicted molar refractivity (Wildman–Crippen MR) is 81.4 cm³/mol. The summed E-state index contributed by atoms with van der Waals surface area (Å²) < 4.78 is 19.4. The van der Waals surface area contributed by atoms with Crippen LogP contribution in [0.4, 0.5) is 10.2 Å². The molecule has 1 N–H and O–H groups in total. The van der Waals surface area contributed by atoms with Gasteiger partial charge in [-0.05, 0) is 24.5 Å². The monoisotopic (exact) mass is 289 g/mol. The van der Waals surface area contributed by atoms with Crippen LogP contribution < -0.4 is 10.1 Å². The van der Waals surface area contributed by atoms with E-state index in [-0.39, 0.29) is 11.7 Å². The number of nitrogens with zero attached hydrogens (tertiary/aromatic N) is 2. The second kappa shape index (κ2) is 7.02. The summed E-state index contributed by atoms with van der Waals surface area (Å²) in [5.74, 6) is 1.05. The number of benzene rings is 1. The average Bonchev–Trinajstić information content (AvgIpc) is 2.47. The van der Waals surface area contributed by atoms with E-state index < -0.39 is 5.82 Å². The van der Waals surface area contributed by atoms with Gasteiger partial charge in [0.2, 0.25) is 5.88 Å². The fraction of sp³-hybridized carbons (Fsp3) is 0.375. The van der Waals surface area contributed by atoms with E-state index in [0.29, 0.717) is 5.88 Å². The molecule has 0 atom stereocenters. The number of ether oxygens (including phenoxy) is 1. The molecule has 1 heterocycles. The third kappa shape index (κ3) is 3.68. The molecule has 0 spiro atoms. The van der Waals surface area contributed by atoms with Crippen molar-refractivity contribution in [3.05, 3.63) is 42.0 Å². The summed E-state index contributed by atoms with van der Waals surface area (Å²) in [6, 6.07) is 6.30. The quantitative estimate of drug-likeness (QED) is 0.858. The van der Waals surface area contributed by atoms with Crippen LogP contribution in [0.2, 0.25) is 0 Å². The zero-order chi connectivity index (χ0) is 15.2. The van der Waals surface area contributed by atoms with E-state index in [2.05, 4.69) is 22.2 Å². The molecule has 5 heteroatoms. The highest BCUT2D eigenvalue weighted by Gasteiger charge is 2.17. The maximum Gasteiger partial charge on any atom is 0.228 e. The first kappa shape index (κ1) is 15.2. The molecule has 4 nitrogen and oxygen atoms in total. The van der Waals surface area contributed by atoms with Crippen LogP contribution in [0.1, 0.15) is 38.7 Å². The summed E-state index contributed by atoms with van der Waals surface area (Å²) >= 11 is 0. The van der Waals surface area contributed by atoms with E-state index in [9.17, 15) is 4.39 Å². The van der Waals surface area contributed by atoms with Crippen LogP contribution in [-0.2, 0) is 0 Å². The normalized spacial score (nSPS) is 10.7. The number of rotatable bonds is 6. The molecule has 0 amide bonds. The van der Waals surface area contributed by atoms with E-state index in [0.717, 1.165) is 24.3 Å². The van der Waals surface area contributed by atoms with Crippen LogP contribution >= 0.6 is 0 Å². The van der Waals surface area contributed by atoms with Gasteiger partial charge in [-0.1, -0.05) is 32.9 Å². The molecule has 21 heavy (non-hydrogen) atoms. The Balaban J connectivity index is 2.36. The molecule has 0 fully saturated rings. The Morgan fingerprint density at radius 2 is 2.00 bits per heavy atom. The van der Waals surface area contributed by atoms with Gasteiger partial charge in [-0.3, -0.25) is 0 Å². The second-order valence-electron chi connectivity index (χ2n) is 5.06. The van der Waals surface area contributed by atoms with Gasteiger partial charge in [-0.2, -0.15) is 0 Å². The van der Waals surface area contributed by atoms with Gasteiger partial charge in [0.15, 0.2) is 11.6 Å². The van der Waals surface area contributed by atoms with Crippen molar-refractivity contribution in [1.82, 2.24) is 9.97 Å². The molecule has 0 unspecified atom stereocenters. The van der Waals surface area contributed by atoms with E-state index in [1.807, 2.05) is 13.8 Å². The second-order valence-corrected chi connectivity index (χ2v) is 5.06. The molecule has 0 saturated carbocycles. The first-order valence-electron chi connectivity index (χ1n) is 7.14. The Morgan fingerprint density at radius 1 is 1.24 bits per heavy atom. The number of aromatic nitrogens is 2. The third-order valence-electron chi connectivity index (χ3n) is 3.01. The molecule has 0 bridgehead atoms. The zero-order valence-corrected chi connectivity index (χ0v) is 12.6. The summed E-state index contributed by atoms with van der Waals surface area (Å²) in [6.45, 7) is 6.96. The maximum atomic E-state index is 13.7. The molecular formula is C16H20FN3O. The SMILES string of the molecule is CCCNc1ncnc(Oc2ccccc2F)c1C(C)C. The van der Waals surface area contributed by atoms with Gasteiger partial charge < -0.3 is 10.1 Å². The van der Waals surface area contributed by atoms with Crippen LogP contribution in [0.25, 0.3) is 0 Å². The summed E-state index contributed by atoms with van der Waals surface area (Å²) in [5.41, 5.74) is 0.856. The Morgan fingerprint density at radius 3 is 2.67 bits per heavy atom. The Labute approximate surface area is 124 Å². The summed E-state index contributed by atoms with van der Waals surface area (Å²) in [7, 11) is 0. The van der Waals surface area contributed by atoms with E-state index >= 15 is 0 Å². The van der Waals surface area contributed by atoms with Crippen molar-refractivity contribution < 1.29 is 9.13 Å². The Bertz CT molecular complexity index is 602. The van der Waals surface area contributed by atoms with Crippen molar-refractivity contribution in [3.63, 3.8) is 0 Å². The zero-order valence-electron chi connectivity index (χ0n) is 12.6. The van der Waals surface area contributed by atoms with Gasteiger partial charge in [-0.25, -0.2) is 14.4 Å². The highest BCUT2D eigenvalue weighted by Crippen LogP contribution is 2.33. The average molecular weight is 289 g/mol. The number of halogens is 1. The number of hydrogen-bond acceptors (Lipinski definition) is 4. The summed E-state index contributed by atoms with van der Waals surface area (Å²) in [5, 5.41) is 3.26. The minimum atomic E-state index is -0.408. The van der Waals surface area contributed by atoms with Crippen molar-refractivity contribution in [2.24, 2.45) is 0 Å². The van der Waals surface area contributed by atoms with Crippen molar-refractivity contribution in [2.45, 2.75) is 33.1 Å². The lowest BCUT2D eigenvalue weighted by Crippen LogP contribution is -2.09. The van der Waals surface area contributed by atoms with Crippen molar-refractivity contribution in [2.75, 3.05) is 11.9 Å². The van der Waals surface area contributed by atoms with Crippen LogP contribution in [0.3, 0.4) is 0 Å². The van der Waals surface area contributed by atoms with Crippen molar-refractivity contribution in [1.29, 1.82) is 0 Å². The molecule has 0 radical (unpaired) electrons. The lowest BCUT2D eigenvalue weighted by atomic mass is 10.1. The molecule has 0 saturated heterocycles. The lowest BCUT2D eigenvalue weighted by Gasteiger charge is -2.17. The predicted octanol–water partition coefficient (Wildman–Crippen LogP) is 4.35. The molecule has 2 rings (SSSR count).